The highest BCUT2D eigenvalue weighted by atomic mass is 16.6. The Hall–Kier alpha value is -0.770. The summed E-state index contributed by atoms with van der Waals surface area (Å²) < 4.78 is 5.33. The molecule has 0 aliphatic heterocycles. The molecule has 0 aromatic rings. The number of nitrogens with one attached hydrogen (secondary N) is 2. The van der Waals surface area contributed by atoms with Gasteiger partial charge in [-0.15, -0.1) is 0 Å². The number of hydrogen-bond acceptors (Lipinski definition) is 3. The van der Waals surface area contributed by atoms with E-state index in [0.29, 0.717) is 18.6 Å². The molecule has 3 saturated carbocycles. The lowest BCUT2D eigenvalue weighted by Crippen LogP contribution is -2.49. The van der Waals surface area contributed by atoms with Crippen LogP contribution in [0.5, 0.6) is 0 Å². The molecule has 3 rings (SSSR count). The van der Waals surface area contributed by atoms with Crippen LogP contribution >= 0.6 is 0 Å². The van der Waals surface area contributed by atoms with Crippen molar-refractivity contribution in [2.75, 3.05) is 6.54 Å². The van der Waals surface area contributed by atoms with Crippen LogP contribution < -0.4 is 10.6 Å². The molecule has 6 atom stereocenters. The van der Waals surface area contributed by atoms with Gasteiger partial charge < -0.3 is 15.4 Å². The Morgan fingerprint density at radius 2 is 1.91 bits per heavy atom. The molecule has 6 unspecified atom stereocenters. The van der Waals surface area contributed by atoms with E-state index in [0.717, 1.165) is 30.1 Å². The van der Waals surface area contributed by atoms with Crippen molar-refractivity contribution in [3.05, 3.63) is 0 Å². The summed E-state index contributed by atoms with van der Waals surface area (Å²) in [6.07, 6.45) is 7.93. The third-order valence-corrected chi connectivity index (χ3v) is 6.26. The van der Waals surface area contributed by atoms with Crippen LogP contribution in [-0.2, 0) is 4.74 Å². The average Bonchev–Trinajstić information content (AvgIpc) is 3.13. The van der Waals surface area contributed by atoms with Crippen molar-refractivity contribution < 1.29 is 9.53 Å². The Balaban J connectivity index is 1.46. The molecule has 0 spiro atoms. The first-order valence-electron chi connectivity index (χ1n) is 9.60. The molecular formula is C19H34N2O2. The summed E-state index contributed by atoms with van der Waals surface area (Å²) in [5.74, 6) is 3.89. The van der Waals surface area contributed by atoms with Gasteiger partial charge in [0.2, 0.25) is 0 Å². The predicted octanol–water partition coefficient (Wildman–Crippen LogP) is 3.70. The van der Waals surface area contributed by atoms with Gasteiger partial charge in [-0.3, -0.25) is 0 Å². The predicted molar refractivity (Wildman–Crippen MR) is 92.3 cm³/mol. The molecule has 0 heterocycles. The molecule has 3 aliphatic rings. The van der Waals surface area contributed by atoms with Crippen LogP contribution in [0.4, 0.5) is 4.79 Å². The van der Waals surface area contributed by atoms with Gasteiger partial charge in [0.25, 0.3) is 0 Å². The molecule has 3 fully saturated rings. The normalized spacial score (nSPS) is 36.8. The minimum absolute atomic E-state index is 0.304. The number of hydrogen-bond donors (Lipinski definition) is 2. The standard InChI is InChI=1S/C19H34N2O2/c1-5-13(11-20-18(22)23-19(2,3)4)21-17-10-12-9-16(17)15-8-6-7-14(12)15/h12-17,21H,5-11H2,1-4H3,(H,20,22). The summed E-state index contributed by atoms with van der Waals surface area (Å²) >= 11 is 0. The SMILES string of the molecule is CCC(CNC(=O)OC(C)(C)C)NC1CC2CC1C1CCCC21. The van der Waals surface area contributed by atoms with Crippen LogP contribution in [0, 0.1) is 23.7 Å². The smallest absolute Gasteiger partial charge is 0.407 e. The number of carbonyl (C=O) groups excluding carboxylic acids is 1. The first-order chi connectivity index (χ1) is 10.9. The van der Waals surface area contributed by atoms with E-state index in [1.807, 2.05) is 20.8 Å². The van der Waals surface area contributed by atoms with Crippen molar-refractivity contribution in [1.82, 2.24) is 10.6 Å². The molecule has 0 saturated heterocycles. The van der Waals surface area contributed by atoms with Crippen molar-refractivity contribution in [2.45, 2.75) is 83.9 Å². The summed E-state index contributed by atoms with van der Waals surface area (Å²) in [5.41, 5.74) is -0.429. The summed E-state index contributed by atoms with van der Waals surface area (Å²) in [4.78, 5) is 11.8. The van der Waals surface area contributed by atoms with Crippen molar-refractivity contribution in [1.29, 1.82) is 0 Å². The van der Waals surface area contributed by atoms with Crippen LogP contribution in [-0.4, -0.2) is 30.3 Å². The van der Waals surface area contributed by atoms with E-state index in [-0.39, 0.29) is 6.09 Å². The molecule has 2 N–H and O–H groups in total. The van der Waals surface area contributed by atoms with Gasteiger partial charge in [-0.25, -0.2) is 4.79 Å². The molecule has 0 aromatic heterocycles. The second-order valence-electron chi connectivity index (χ2n) is 8.92. The van der Waals surface area contributed by atoms with Crippen LogP contribution in [0.15, 0.2) is 0 Å². The van der Waals surface area contributed by atoms with E-state index in [1.165, 1.54) is 32.1 Å². The van der Waals surface area contributed by atoms with Gasteiger partial charge >= 0.3 is 6.09 Å². The highest BCUT2D eigenvalue weighted by molar-refractivity contribution is 5.67. The zero-order valence-electron chi connectivity index (χ0n) is 15.2. The van der Waals surface area contributed by atoms with Gasteiger partial charge in [0, 0.05) is 18.6 Å². The van der Waals surface area contributed by atoms with E-state index in [1.54, 1.807) is 0 Å². The van der Waals surface area contributed by atoms with Gasteiger partial charge in [-0.05, 0) is 76.5 Å². The van der Waals surface area contributed by atoms with E-state index >= 15 is 0 Å². The Morgan fingerprint density at radius 1 is 1.17 bits per heavy atom. The Bertz CT molecular complexity index is 432. The molecule has 3 aliphatic carbocycles. The van der Waals surface area contributed by atoms with Crippen LogP contribution in [0.25, 0.3) is 0 Å². The molecule has 4 nitrogen and oxygen atoms in total. The Labute approximate surface area is 141 Å². The second-order valence-corrected chi connectivity index (χ2v) is 8.92. The molecule has 0 aromatic carbocycles. The first kappa shape index (κ1) is 17.1. The zero-order valence-corrected chi connectivity index (χ0v) is 15.2. The monoisotopic (exact) mass is 322 g/mol. The molecule has 2 bridgehead atoms. The quantitative estimate of drug-likeness (QED) is 0.811. The summed E-state index contributed by atoms with van der Waals surface area (Å²) in [7, 11) is 0. The van der Waals surface area contributed by atoms with Gasteiger partial charge in [0.15, 0.2) is 0 Å². The lowest BCUT2D eigenvalue weighted by atomic mass is 9.79. The zero-order chi connectivity index (χ0) is 16.6. The van der Waals surface area contributed by atoms with E-state index < -0.39 is 5.60 Å². The van der Waals surface area contributed by atoms with Crippen molar-refractivity contribution in [3.8, 4) is 0 Å². The van der Waals surface area contributed by atoms with E-state index in [9.17, 15) is 4.79 Å². The van der Waals surface area contributed by atoms with Crippen molar-refractivity contribution in [3.63, 3.8) is 0 Å². The first-order valence-corrected chi connectivity index (χ1v) is 9.60. The highest BCUT2D eigenvalue weighted by Gasteiger charge is 2.53. The molecule has 1 amide bonds. The lowest BCUT2D eigenvalue weighted by Gasteiger charge is -2.34. The molecular weight excluding hydrogens is 288 g/mol. The number of ether oxygens (including phenoxy) is 1. The summed E-state index contributed by atoms with van der Waals surface area (Å²) in [6.45, 7) is 8.55. The van der Waals surface area contributed by atoms with Gasteiger partial charge in [-0.1, -0.05) is 13.3 Å². The number of fused-ring (bicyclic) bond motifs is 5. The van der Waals surface area contributed by atoms with E-state index in [2.05, 4.69) is 17.6 Å². The van der Waals surface area contributed by atoms with Crippen molar-refractivity contribution >= 4 is 6.09 Å². The molecule has 0 radical (unpaired) electrons. The minimum Gasteiger partial charge on any atom is -0.444 e. The van der Waals surface area contributed by atoms with Gasteiger partial charge in [0.05, 0.1) is 0 Å². The molecule has 132 valence electrons. The molecule has 4 heteroatoms. The summed E-state index contributed by atoms with van der Waals surface area (Å²) in [5, 5.41) is 6.79. The maximum atomic E-state index is 11.8. The minimum atomic E-state index is -0.429. The van der Waals surface area contributed by atoms with Gasteiger partial charge in [0.1, 0.15) is 5.60 Å². The van der Waals surface area contributed by atoms with Gasteiger partial charge in [-0.2, -0.15) is 0 Å². The van der Waals surface area contributed by atoms with Crippen LogP contribution in [0.1, 0.15) is 66.2 Å². The number of rotatable bonds is 5. The maximum absolute atomic E-state index is 11.8. The molecule has 23 heavy (non-hydrogen) atoms. The fraction of sp³-hybridized carbons (Fsp3) is 0.947. The second kappa shape index (κ2) is 6.62. The Morgan fingerprint density at radius 3 is 2.61 bits per heavy atom. The van der Waals surface area contributed by atoms with Crippen LogP contribution in [0.2, 0.25) is 0 Å². The third-order valence-electron chi connectivity index (χ3n) is 6.26. The maximum Gasteiger partial charge on any atom is 0.407 e. The number of alkyl carbamates (subject to hydrolysis) is 1. The third kappa shape index (κ3) is 3.84. The number of carbonyl (C=O) groups is 1. The number of amides is 1. The van der Waals surface area contributed by atoms with E-state index in [4.69, 9.17) is 4.74 Å². The highest BCUT2D eigenvalue weighted by Crippen LogP contribution is 2.58. The largest absolute Gasteiger partial charge is 0.444 e. The Kier molecular flexibility index (Phi) is 4.91. The topological polar surface area (TPSA) is 50.4 Å². The average molecular weight is 322 g/mol. The van der Waals surface area contributed by atoms with Crippen molar-refractivity contribution in [2.24, 2.45) is 23.7 Å². The summed E-state index contributed by atoms with van der Waals surface area (Å²) in [6, 6.07) is 1.02. The lowest BCUT2D eigenvalue weighted by molar-refractivity contribution is 0.0519. The fourth-order valence-corrected chi connectivity index (χ4v) is 5.40. The van der Waals surface area contributed by atoms with Crippen LogP contribution in [0.3, 0.4) is 0 Å². The fourth-order valence-electron chi connectivity index (χ4n) is 5.40.